The fourth-order valence-corrected chi connectivity index (χ4v) is 2.09. The third-order valence-electron chi connectivity index (χ3n) is 3.16. The van der Waals surface area contributed by atoms with Crippen molar-refractivity contribution in [2.45, 2.75) is 18.5 Å². The Morgan fingerprint density at radius 3 is 1.77 bits per heavy atom. The highest BCUT2D eigenvalue weighted by Gasteiger charge is 2.41. The molecule has 0 amide bonds. The van der Waals surface area contributed by atoms with E-state index in [0.717, 1.165) is 12.1 Å². The van der Waals surface area contributed by atoms with Crippen LogP contribution in [0, 0.1) is 0 Å². The van der Waals surface area contributed by atoms with E-state index in [9.17, 15) is 39.5 Å². The predicted molar refractivity (Wildman–Crippen MR) is 72.4 cm³/mol. The van der Waals surface area contributed by atoms with Crippen LogP contribution in [0.15, 0.2) is 36.4 Å². The lowest BCUT2D eigenvalue weighted by Crippen LogP contribution is -2.15. The summed E-state index contributed by atoms with van der Waals surface area (Å²) in [5.41, 5.74) is -1.12. The molecule has 0 saturated heterocycles. The summed E-state index contributed by atoms with van der Waals surface area (Å²) in [5.74, 6) is -2.58. The first-order chi connectivity index (χ1) is 11.7. The molecule has 0 fully saturated rings. The van der Waals surface area contributed by atoms with Gasteiger partial charge in [-0.05, 0) is 24.3 Å². The number of nitrogens with two attached hydrogens (primary N) is 1. The molecule has 0 aliphatic carbocycles. The van der Waals surface area contributed by atoms with E-state index in [1.807, 2.05) is 0 Å². The lowest BCUT2D eigenvalue weighted by atomic mass is 10.1. The Morgan fingerprint density at radius 2 is 1.27 bits per heavy atom. The van der Waals surface area contributed by atoms with Gasteiger partial charge < -0.3 is 10.5 Å². The van der Waals surface area contributed by atoms with E-state index in [1.165, 1.54) is 0 Å². The van der Waals surface area contributed by atoms with Gasteiger partial charge in [0.1, 0.15) is 17.1 Å². The third-order valence-corrected chi connectivity index (χ3v) is 3.16. The minimum absolute atomic E-state index is 0.0331. The van der Waals surface area contributed by atoms with Gasteiger partial charge in [0.25, 0.3) is 0 Å². The van der Waals surface area contributed by atoms with Crippen LogP contribution in [0.1, 0.15) is 16.7 Å². The summed E-state index contributed by atoms with van der Waals surface area (Å²) in [7, 11) is 0. The van der Waals surface area contributed by atoms with Crippen LogP contribution in [0.4, 0.5) is 45.2 Å². The number of ether oxygens (including phenoxy) is 1. The van der Waals surface area contributed by atoms with Crippen molar-refractivity contribution >= 4 is 5.69 Å². The molecular weight excluding hydrogens is 381 g/mol. The van der Waals surface area contributed by atoms with Gasteiger partial charge in [-0.25, -0.2) is 0 Å². The Hall–Kier alpha value is -2.59. The molecule has 26 heavy (non-hydrogen) atoms. The molecule has 0 aliphatic rings. The van der Waals surface area contributed by atoms with E-state index in [2.05, 4.69) is 4.74 Å². The lowest BCUT2D eigenvalue weighted by Gasteiger charge is -2.20. The van der Waals surface area contributed by atoms with Crippen LogP contribution in [0.5, 0.6) is 11.5 Å². The number of rotatable bonds is 2. The first-order valence-corrected chi connectivity index (χ1v) is 6.63. The normalized spacial score (nSPS) is 13.0. The standard InChI is InChI=1S/C15H8F9NO/c16-13(17,18)7-5-9(25)12(15(22,23)24)11(6-7)26-10-4-2-1-3-8(10)14(19,20)21/h1-6H,25H2. The van der Waals surface area contributed by atoms with Crippen molar-refractivity contribution in [3.8, 4) is 11.5 Å². The van der Waals surface area contributed by atoms with Crippen LogP contribution >= 0.6 is 0 Å². The summed E-state index contributed by atoms with van der Waals surface area (Å²) < 4.78 is 121. The summed E-state index contributed by atoms with van der Waals surface area (Å²) in [5, 5.41) is 0. The van der Waals surface area contributed by atoms with Crippen molar-refractivity contribution < 1.29 is 44.3 Å². The van der Waals surface area contributed by atoms with Crippen LogP contribution in [0.25, 0.3) is 0 Å². The first-order valence-electron chi connectivity index (χ1n) is 6.63. The molecule has 0 unspecified atom stereocenters. The number of nitrogen functional groups attached to an aromatic ring is 1. The number of benzene rings is 2. The van der Waals surface area contributed by atoms with E-state index in [-0.39, 0.29) is 12.1 Å². The zero-order valence-corrected chi connectivity index (χ0v) is 12.4. The molecule has 0 radical (unpaired) electrons. The summed E-state index contributed by atoms with van der Waals surface area (Å²) in [6.07, 6.45) is -15.3. The van der Waals surface area contributed by atoms with Gasteiger partial charge in [-0.15, -0.1) is 0 Å². The smallest absolute Gasteiger partial charge is 0.421 e. The summed E-state index contributed by atoms with van der Waals surface area (Å²) in [4.78, 5) is 0. The number of halogens is 9. The van der Waals surface area contributed by atoms with Gasteiger partial charge in [-0.3, -0.25) is 0 Å². The fourth-order valence-electron chi connectivity index (χ4n) is 2.09. The van der Waals surface area contributed by atoms with Crippen LogP contribution < -0.4 is 10.5 Å². The first kappa shape index (κ1) is 19.7. The van der Waals surface area contributed by atoms with Crippen LogP contribution in [-0.4, -0.2) is 0 Å². The zero-order valence-electron chi connectivity index (χ0n) is 12.4. The largest absolute Gasteiger partial charge is 0.456 e. The average Bonchev–Trinajstić information content (AvgIpc) is 2.43. The fraction of sp³-hybridized carbons (Fsp3) is 0.200. The second-order valence-electron chi connectivity index (χ2n) is 5.03. The predicted octanol–water partition coefficient (Wildman–Crippen LogP) is 6.12. The van der Waals surface area contributed by atoms with Crippen molar-refractivity contribution in [3.05, 3.63) is 53.1 Å². The average molecular weight is 389 g/mol. The minimum Gasteiger partial charge on any atom is -0.456 e. The SMILES string of the molecule is Nc1cc(C(F)(F)F)cc(Oc2ccccc2C(F)(F)F)c1C(F)(F)F. The van der Waals surface area contributed by atoms with Gasteiger partial charge in [0.05, 0.1) is 11.1 Å². The van der Waals surface area contributed by atoms with Gasteiger partial charge in [0.15, 0.2) is 0 Å². The van der Waals surface area contributed by atoms with E-state index < -0.39 is 52.4 Å². The van der Waals surface area contributed by atoms with Gasteiger partial charge in [-0.2, -0.15) is 39.5 Å². The van der Waals surface area contributed by atoms with Crippen LogP contribution in [-0.2, 0) is 18.5 Å². The second kappa shape index (κ2) is 6.29. The second-order valence-corrected chi connectivity index (χ2v) is 5.03. The zero-order chi connectivity index (χ0) is 19.9. The maximum Gasteiger partial charge on any atom is 0.421 e. The molecular formula is C15H8F9NO. The molecule has 142 valence electrons. The Bertz CT molecular complexity index is 806. The number of alkyl halides is 9. The molecule has 11 heteroatoms. The number of anilines is 1. The topological polar surface area (TPSA) is 35.2 Å². The highest BCUT2D eigenvalue weighted by atomic mass is 19.4. The third kappa shape index (κ3) is 4.14. The van der Waals surface area contributed by atoms with Gasteiger partial charge in [0.2, 0.25) is 0 Å². The Kier molecular flexibility index (Phi) is 4.77. The molecule has 0 spiro atoms. The van der Waals surface area contributed by atoms with E-state index in [1.54, 1.807) is 0 Å². The van der Waals surface area contributed by atoms with Crippen molar-refractivity contribution in [1.82, 2.24) is 0 Å². The van der Waals surface area contributed by atoms with Crippen LogP contribution in [0.3, 0.4) is 0 Å². The molecule has 0 atom stereocenters. The van der Waals surface area contributed by atoms with Gasteiger partial charge in [0, 0.05) is 5.69 Å². The monoisotopic (exact) mass is 389 g/mol. The van der Waals surface area contributed by atoms with Crippen molar-refractivity contribution in [1.29, 1.82) is 0 Å². The molecule has 0 heterocycles. The lowest BCUT2D eigenvalue weighted by molar-refractivity contribution is -0.142. The molecule has 2 aromatic carbocycles. The molecule has 0 bridgehead atoms. The molecule has 2 aromatic rings. The Labute approximate surface area is 140 Å². The number of para-hydroxylation sites is 1. The minimum atomic E-state index is -5.25. The highest BCUT2D eigenvalue weighted by molar-refractivity contribution is 5.60. The molecule has 0 saturated carbocycles. The van der Waals surface area contributed by atoms with E-state index in [4.69, 9.17) is 5.73 Å². The molecule has 2 rings (SSSR count). The number of hydrogen-bond acceptors (Lipinski definition) is 2. The van der Waals surface area contributed by atoms with Gasteiger partial charge in [-0.1, -0.05) is 12.1 Å². The maximum atomic E-state index is 13.1. The molecule has 0 aromatic heterocycles. The molecule has 2 nitrogen and oxygen atoms in total. The highest BCUT2D eigenvalue weighted by Crippen LogP contribution is 2.46. The summed E-state index contributed by atoms with van der Waals surface area (Å²) in [6.45, 7) is 0. The van der Waals surface area contributed by atoms with E-state index in [0.29, 0.717) is 12.1 Å². The Balaban J connectivity index is 2.68. The quantitative estimate of drug-likeness (QED) is 0.496. The van der Waals surface area contributed by atoms with Crippen molar-refractivity contribution in [3.63, 3.8) is 0 Å². The van der Waals surface area contributed by atoms with Crippen LogP contribution in [0.2, 0.25) is 0 Å². The number of hydrogen-bond donors (Lipinski definition) is 1. The molecule has 2 N–H and O–H groups in total. The summed E-state index contributed by atoms with van der Waals surface area (Å²) in [6, 6.07) is 3.15. The Morgan fingerprint density at radius 1 is 0.692 bits per heavy atom. The van der Waals surface area contributed by atoms with E-state index >= 15 is 0 Å². The summed E-state index contributed by atoms with van der Waals surface area (Å²) >= 11 is 0. The molecule has 0 aliphatic heterocycles. The van der Waals surface area contributed by atoms with Crippen molar-refractivity contribution in [2.75, 3.05) is 5.73 Å². The van der Waals surface area contributed by atoms with Crippen molar-refractivity contribution in [2.24, 2.45) is 0 Å². The maximum absolute atomic E-state index is 13.1. The van der Waals surface area contributed by atoms with Gasteiger partial charge >= 0.3 is 18.5 Å².